The first-order chi connectivity index (χ1) is 26.3. The van der Waals surface area contributed by atoms with E-state index in [1.807, 2.05) is 0 Å². The average molecular weight is 698 g/mol. The van der Waals surface area contributed by atoms with Gasteiger partial charge in [0.05, 0.1) is 28.0 Å². The van der Waals surface area contributed by atoms with Gasteiger partial charge in [-0.25, -0.2) is 0 Å². The molecule has 0 amide bonds. The van der Waals surface area contributed by atoms with Crippen molar-refractivity contribution in [3.05, 3.63) is 157 Å². The summed E-state index contributed by atoms with van der Waals surface area (Å²) in [4.78, 5) is 0. The predicted molar refractivity (Wildman–Crippen MR) is 220 cm³/mol. The molecule has 54 heavy (non-hydrogen) atoms. The van der Waals surface area contributed by atoms with Gasteiger partial charge in [0.1, 0.15) is 5.58 Å². The molecule has 4 heteroatoms. The van der Waals surface area contributed by atoms with Crippen molar-refractivity contribution in [3.63, 3.8) is 0 Å². The van der Waals surface area contributed by atoms with Crippen molar-refractivity contribution in [2.45, 2.75) is 51.0 Å². The van der Waals surface area contributed by atoms with Crippen LogP contribution in [0.15, 0.2) is 145 Å². The number of furan rings is 1. The van der Waals surface area contributed by atoms with Gasteiger partial charge in [0.15, 0.2) is 18.0 Å². The van der Waals surface area contributed by atoms with E-state index in [1.54, 1.807) is 0 Å². The molecule has 0 N–H and O–H groups in total. The summed E-state index contributed by atoms with van der Waals surface area (Å²) in [5.74, 6) is 0.252. The molecule has 0 fully saturated rings. The van der Waals surface area contributed by atoms with Gasteiger partial charge in [0.25, 0.3) is 0 Å². The zero-order valence-corrected chi connectivity index (χ0v) is 30.7. The van der Waals surface area contributed by atoms with Crippen LogP contribution in [0, 0.1) is 0 Å². The molecule has 0 bridgehead atoms. The second kappa shape index (κ2) is 10.4. The van der Waals surface area contributed by atoms with Gasteiger partial charge in [-0.2, -0.15) is 9.13 Å². The van der Waals surface area contributed by atoms with E-state index in [2.05, 4.69) is 168 Å². The summed E-state index contributed by atoms with van der Waals surface area (Å²) in [5.41, 5.74) is 15.8. The Morgan fingerprint density at radius 1 is 0.667 bits per heavy atom. The van der Waals surface area contributed by atoms with Crippen LogP contribution in [0.1, 0.15) is 55.8 Å². The monoisotopic (exact) mass is 697 g/mol. The molecule has 2 aliphatic rings. The van der Waals surface area contributed by atoms with E-state index < -0.39 is 0 Å². The van der Waals surface area contributed by atoms with E-state index in [9.17, 15) is 0 Å². The molecule has 0 spiro atoms. The fraction of sp³-hybridized carbons (Fsp3) is 0.160. The van der Waals surface area contributed by atoms with Crippen molar-refractivity contribution < 1.29 is 13.6 Å². The Kier molecular flexibility index (Phi) is 5.85. The molecule has 0 aliphatic carbocycles. The van der Waals surface area contributed by atoms with Crippen LogP contribution in [0.25, 0.3) is 88.2 Å². The van der Waals surface area contributed by atoms with Gasteiger partial charge in [-0.3, -0.25) is 0 Å². The molecule has 0 saturated heterocycles. The molecule has 2 aliphatic heterocycles. The molecule has 0 radical (unpaired) electrons. The molecule has 7 heterocycles. The van der Waals surface area contributed by atoms with Crippen molar-refractivity contribution in [2.75, 3.05) is 0 Å². The van der Waals surface area contributed by atoms with Crippen molar-refractivity contribution in [2.24, 2.45) is 0 Å². The molecule has 5 aromatic heterocycles. The maximum absolute atomic E-state index is 6.73. The fourth-order valence-corrected chi connectivity index (χ4v) is 10.2. The van der Waals surface area contributed by atoms with E-state index in [0.29, 0.717) is 0 Å². The normalized spacial score (nSPS) is 17.1. The van der Waals surface area contributed by atoms with Crippen LogP contribution in [0.2, 0.25) is 0 Å². The Morgan fingerprint density at radius 2 is 1.43 bits per heavy atom. The predicted octanol–water partition coefficient (Wildman–Crippen LogP) is 11.7. The number of hydrogen-bond donors (Lipinski definition) is 0. The smallest absolute Gasteiger partial charge is 0.249 e. The summed E-state index contributed by atoms with van der Waals surface area (Å²) in [7, 11) is 0. The van der Waals surface area contributed by atoms with Crippen LogP contribution in [0.3, 0.4) is 0 Å². The van der Waals surface area contributed by atoms with Gasteiger partial charge in [-0.15, -0.1) is 0 Å². The molecular formula is C50H39N3O+2. The molecule has 2 unspecified atom stereocenters. The number of aryl methyl sites for hydroxylation is 1. The molecule has 0 saturated carbocycles. The number of nitrogens with zero attached hydrogens (tertiary/aromatic N) is 3. The lowest BCUT2D eigenvalue weighted by Crippen LogP contribution is -2.53. The molecule has 2 atom stereocenters. The lowest BCUT2D eigenvalue weighted by molar-refractivity contribution is -0.727. The second-order valence-electron chi connectivity index (χ2n) is 16.6. The lowest BCUT2D eigenvalue weighted by atomic mass is 9.78. The summed E-state index contributed by atoms with van der Waals surface area (Å²) in [6, 6.07) is 45.2. The Balaban J connectivity index is 1.19. The van der Waals surface area contributed by atoms with Crippen LogP contribution >= 0.6 is 0 Å². The van der Waals surface area contributed by atoms with Gasteiger partial charge < -0.3 is 8.82 Å². The number of allylic oxidation sites excluding steroid dienone is 1. The third-order valence-electron chi connectivity index (χ3n) is 12.7. The molecular weight excluding hydrogens is 659 g/mol. The van der Waals surface area contributed by atoms with E-state index in [4.69, 9.17) is 11.0 Å². The number of pyridine rings is 2. The average Bonchev–Trinajstić information content (AvgIpc) is 3.86. The van der Waals surface area contributed by atoms with E-state index >= 15 is 0 Å². The number of benzene rings is 5. The van der Waals surface area contributed by atoms with Crippen molar-refractivity contribution in [1.29, 1.82) is 0 Å². The van der Waals surface area contributed by atoms with E-state index in [0.717, 1.165) is 46.0 Å². The zero-order valence-electron chi connectivity index (χ0n) is 30.7. The molecule has 5 aromatic carbocycles. The van der Waals surface area contributed by atoms with Crippen LogP contribution < -0.4 is 9.13 Å². The van der Waals surface area contributed by atoms with E-state index in [-0.39, 0.29) is 17.4 Å². The second-order valence-corrected chi connectivity index (χ2v) is 16.6. The number of hydrogen-bond acceptors (Lipinski definition) is 1. The number of aromatic nitrogens is 3. The summed E-state index contributed by atoms with van der Waals surface area (Å²) in [6.45, 7) is 11.9. The highest BCUT2D eigenvalue weighted by molar-refractivity contribution is 6.28. The molecule has 258 valence electrons. The topological polar surface area (TPSA) is 25.3 Å². The minimum atomic E-state index is -0.0132. The van der Waals surface area contributed by atoms with Gasteiger partial charge >= 0.3 is 0 Å². The van der Waals surface area contributed by atoms with E-state index in [1.165, 1.54) is 71.8 Å². The number of para-hydroxylation sites is 2. The van der Waals surface area contributed by atoms with Crippen molar-refractivity contribution >= 4 is 65.7 Å². The quantitative estimate of drug-likeness (QED) is 0.145. The summed E-state index contributed by atoms with van der Waals surface area (Å²) in [5, 5.41) is 7.36. The summed E-state index contributed by atoms with van der Waals surface area (Å²) >= 11 is 0. The zero-order chi connectivity index (χ0) is 36.0. The third-order valence-corrected chi connectivity index (χ3v) is 12.7. The maximum Gasteiger partial charge on any atom is 0.249 e. The van der Waals surface area contributed by atoms with Crippen LogP contribution in [-0.2, 0) is 11.8 Å². The maximum atomic E-state index is 6.73. The third kappa shape index (κ3) is 3.87. The standard InChI is InChI=1S/C50H39N3O/c1-29-46-37(32-12-5-6-13-33(32)42-17-9-10-24-52(42)46)20-19-30-26-44-41(28-40(30)43-27-31(50(2,3)4)23-25-51(29)43)36-16-11-15-35-38-21-22-39-34-14-7-8-18-45(34)54-49(39)48(38)53(44)47(35)36/h5-18,21-28,37,46H,1,19-20H2,2-4H3/q+2. The Morgan fingerprint density at radius 3 is 2.31 bits per heavy atom. The first kappa shape index (κ1) is 30.2. The summed E-state index contributed by atoms with van der Waals surface area (Å²) < 4.78 is 14.1. The highest BCUT2D eigenvalue weighted by atomic mass is 16.3. The Labute approximate surface area is 313 Å². The molecule has 4 nitrogen and oxygen atoms in total. The molecule has 10 aromatic rings. The highest BCUT2D eigenvalue weighted by Gasteiger charge is 2.47. The largest absolute Gasteiger partial charge is 0.454 e. The SMILES string of the molecule is C=C1C2C(CCc3cc4c(cc3-c3cc(C(C)(C)C)cc[n+]31)c1cccc3c5ccc6c7ccccc7oc6c5n4c13)c1ccccc1-c1cccc[n+]12. The Bertz CT molecular complexity index is 3240. The molecule has 12 rings (SSSR count). The van der Waals surface area contributed by atoms with Gasteiger partial charge in [0.2, 0.25) is 23.1 Å². The summed E-state index contributed by atoms with van der Waals surface area (Å²) in [6.07, 6.45) is 6.48. The first-order valence-corrected chi connectivity index (χ1v) is 19.3. The fourth-order valence-electron chi connectivity index (χ4n) is 10.2. The van der Waals surface area contributed by atoms with Gasteiger partial charge in [0, 0.05) is 62.1 Å². The van der Waals surface area contributed by atoms with Crippen molar-refractivity contribution in [1.82, 2.24) is 4.40 Å². The van der Waals surface area contributed by atoms with Crippen LogP contribution in [0.4, 0.5) is 0 Å². The van der Waals surface area contributed by atoms with Gasteiger partial charge in [-0.1, -0.05) is 81.4 Å². The number of rotatable bonds is 0. The lowest BCUT2D eigenvalue weighted by Gasteiger charge is -2.29. The van der Waals surface area contributed by atoms with Crippen molar-refractivity contribution in [3.8, 4) is 22.5 Å². The minimum Gasteiger partial charge on any atom is -0.454 e. The highest BCUT2D eigenvalue weighted by Crippen LogP contribution is 2.48. The Hall–Kier alpha value is -6.26. The van der Waals surface area contributed by atoms with Crippen LogP contribution in [-0.4, -0.2) is 4.40 Å². The van der Waals surface area contributed by atoms with Gasteiger partial charge in [-0.05, 0) is 77.9 Å². The minimum absolute atomic E-state index is 0.0132. The first-order valence-electron chi connectivity index (χ1n) is 19.3. The number of fused-ring (bicyclic) bond motifs is 19. The van der Waals surface area contributed by atoms with Crippen LogP contribution in [0.5, 0.6) is 0 Å².